The Kier molecular flexibility index (Phi) is 4.15. The summed E-state index contributed by atoms with van der Waals surface area (Å²) in [6, 6.07) is 9.80. The number of hydrogen-bond acceptors (Lipinski definition) is 3. The van der Waals surface area contributed by atoms with Crippen molar-refractivity contribution in [2.75, 3.05) is 11.9 Å². The minimum absolute atomic E-state index is 0.140. The Morgan fingerprint density at radius 2 is 2.14 bits per heavy atom. The molecule has 0 unspecified atom stereocenters. The van der Waals surface area contributed by atoms with E-state index in [4.69, 9.17) is 0 Å². The van der Waals surface area contributed by atoms with Gasteiger partial charge in [-0.05, 0) is 36.6 Å². The highest BCUT2D eigenvalue weighted by atomic mass is 19.1. The normalized spacial score (nSPS) is 14.2. The average Bonchev–Trinajstić information content (AvgIpc) is 3.31. The molecule has 1 heterocycles. The van der Waals surface area contributed by atoms with Crippen molar-refractivity contribution in [2.45, 2.75) is 32.0 Å². The Bertz CT molecular complexity index is 596. The van der Waals surface area contributed by atoms with E-state index in [1.54, 1.807) is 12.3 Å². The summed E-state index contributed by atoms with van der Waals surface area (Å²) in [7, 11) is 1.99. The van der Waals surface area contributed by atoms with Gasteiger partial charge >= 0.3 is 0 Å². The zero-order chi connectivity index (χ0) is 14.7. The topological polar surface area (TPSA) is 28.2 Å². The van der Waals surface area contributed by atoms with Gasteiger partial charge in [-0.25, -0.2) is 4.39 Å². The fraction of sp³-hybridized carbons (Fsp3) is 0.353. The van der Waals surface area contributed by atoms with Crippen LogP contribution in [0.25, 0.3) is 0 Å². The van der Waals surface area contributed by atoms with E-state index in [1.807, 2.05) is 31.4 Å². The van der Waals surface area contributed by atoms with Crippen molar-refractivity contribution < 1.29 is 4.39 Å². The first-order valence-corrected chi connectivity index (χ1v) is 7.35. The second-order valence-electron chi connectivity index (χ2n) is 5.61. The molecule has 1 aliphatic carbocycles. The summed E-state index contributed by atoms with van der Waals surface area (Å²) in [6.07, 6.45) is 6.01. The molecule has 3 nitrogen and oxygen atoms in total. The van der Waals surface area contributed by atoms with Crippen LogP contribution in [0, 0.1) is 5.82 Å². The van der Waals surface area contributed by atoms with Gasteiger partial charge in [-0.3, -0.25) is 4.98 Å². The predicted molar refractivity (Wildman–Crippen MR) is 82.6 cm³/mol. The third-order valence-corrected chi connectivity index (χ3v) is 3.79. The fourth-order valence-electron chi connectivity index (χ4n) is 2.46. The van der Waals surface area contributed by atoms with Gasteiger partial charge in [-0.1, -0.05) is 12.1 Å². The molecule has 2 aromatic rings. The van der Waals surface area contributed by atoms with Gasteiger partial charge in [0.05, 0.1) is 0 Å². The lowest BCUT2D eigenvalue weighted by molar-refractivity contribution is 0.586. The second-order valence-corrected chi connectivity index (χ2v) is 5.61. The van der Waals surface area contributed by atoms with Crippen molar-refractivity contribution in [3.05, 3.63) is 59.7 Å². The number of rotatable bonds is 6. The molecule has 110 valence electrons. The molecule has 1 N–H and O–H groups in total. The first-order valence-electron chi connectivity index (χ1n) is 7.35. The monoisotopic (exact) mass is 285 g/mol. The van der Waals surface area contributed by atoms with Gasteiger partial charge in [-0.15, -0.1) is 0 Å². The van der Waals surface area contributed by atoms with Crippen molar-refractivity contribution in [3.8, 4) is 0 Å². The van der Waals surface area contributed by atoms with Crippen LogP contribution in [0.5, 0.6) is 0 Å². The van der Waals surface area contributed by atoms with E-state index in [2.05, 4.69) is 15.2 Å². The summed E-state index contributed by atoms with van der Waals surface area (Å²) < 4.78 is 14.1. The summed E-state index contributed by atoms with van der Waals surface area (Å²) in [5, 5.41) is 3.39. The lowest BCUT2D eigenvalue weighted by Crippen LogP contribution is -2.22. The fourth-order valence-corrected chi connectivity index (χ4v) is 2.46. The number of hydrogen-bond donors (Lipinski definition) is 1. The maximum atomic E-state index is 14.1. The van der Waals surface area contributed by atoms with Crippen LogP contribution < -0.4 is 10.2 Å². The lowest BCUT2D eigenvalue weighted by atomic mass is 10.1. The molecule has 0 atom stereocenters. The first kappa shape index (κ1) is 14.0. The molecule has 0 amide bonds. The van der Waals surface area contributed by atoms with E-state index in [-0.39, 0.29) is 5.82 Å². The van der Waals surface area contributed by atoms with Crippen LogP contribution in [0.2, 0.25) is 0 Å². The van der Waals surface area contributed by atoms with Gasteiger partial charge in [0.15, 0.2) is 0 Å². The van der Waals surface area contributed by atoms with E-state index < -0.39 is 0 Å². The standard InChI is InChI=1S/C17H20FN3/c1-21(12-13-4-3-9-19-10-13)17-6-2-5-16(18)15(17)11-20-14-7-8-14/h2-6,9-10,14,20H,7-8,11-12H2,1H3. The largest absolute Gasteiger partial charge is 0.370 e. The smallest absolute Gasteiger partial charge is 0.129 e. The van der Waals surface area contributed by atoms with Crippen LogP contribution in [-0.2, 0) is 13.1 Å². The molecule has 0 spiro atoms. The highest BCUT2D eigenvalue weighted by molar-refractivity contribution is 5.54. The Morgan fingerprint density at radius 3 is 2.86 bits per heavy atom. The molecular formula is C17H20FN3. The average molecular weight is 285 g/mol. The van der Waals surface area contributed by atoms with Crippen molar-refractivity contribution in [2.24, 2.45) is 0 Å². The number of pyridine rings is 1. The van der Waals surface area contributed by atoms with Crippen molar-refractivity contribution >= 4 is 5.69 Å². The summed E-state index contributed by atoms with van der Waals surface area (Å²) in [5.41, 5.74) is 2.80. The van der Waals surface area contributed by atoms with Crippen molar-refractivity contribution in [1.82, 2.24) is 10.3 Å². The molecule has 1 aromatic heterocycles. The Balaban J connectivity index is 1.77. The van der Waals surface area contributed by atoms with Crippen molar-refractivity contribution in [3.63, 3.8) is 0 Å². The molecule has 1 aromatic carbocycles. The van der Waals surface area contributed by atoms with E-state index in [0.717, 1.165) is 16.8 Å². The Hall–Kier alpha value is -1.94. The van der Waals surface area contributed by atoms with E-state index in [9.17, 15) is 4.39 Å². The van der Waals surface area contributed by atoms with Gasteiger partial charge in [0, 0.05) is 49.8 Å². The van der Waals surface area contributed by atoms with Gasteiger partial charge < -0.3 is 10.2 Å². The highest BCUT2D eigenvalue weighted by Crippen LogP contribution is 2.26. The molecule has 0 bridgehead atoms. The quantitative estimate of drug-likeness (QED) is 0.884. The minimum atomic E-state index is -0.140. The van der Waals surface area contributed by atoms with Crippen molar-refractivity contribution in [1.29, 1.82) is 0 Å². The predicted octanol–water partition coefficient (Wildman–Crippen LogP) is 3.11. The third-order valence-electron chi connectivity index (χ3n) is 3.79. The first-order chi connectivity index (χ1) is 10.2. The summed E-state index contributed by atoms with van der Waals surface area (Å²) in [4.78, 5) is 6.20. The molecule has 21 heavy (non-hydrogen) atoms. The molecule has 0 saturated heterocycles. The summed E-state index contributed by atoms with van der Waals surface area (Å²) in [6.45, 7) is 1.30. The highest BCUT2D eigenvalue weighted by Gasteiger charge is 2.22. The minimum Gasteiger partial charge on any atom is -0.370 e. The number of nitrogens with one attached hydrogen (secondary N) is 1. The molecule has 4 heteroatoms. The molecule has 3 rings (SSSR count). The molecule has 1 aliphatic rings. The molecule has 0 aliphatic heterocycles. The summed E-state index contributed by atoms with van der Waals surface area (Å²) >= 11 is 0. The van der Waals surface area contributed by atoms with Gasteiger partial charge in [0.1, 0.15) is 5.82 Å². The van der Waals surface area contributed by atoms with Crippen LogP contribution in [0.4, 0.5) is 10.1 Å². The number of anilines is 1. The van der Waals surface area contributed by atoms with Gasteiger partial charge in [0.25, 0.3) is 0 Å². The Morgan fingerprint density at radius 1 is 1.29 bits per heavy atom. The zero-order valence-electron chi connectivity index (χ0n) is 12.2. The van der Waals surface area contributed by atoms with Gasteiger partial charge in [-0.2, -0.15) is 0 Å². The molecule has 0 radical (unpaired) electrons. The van der Waals surface area contributed by atoms with E-state index in [1.165, 1.54) is 18.9 Å². The molecule has 1 fully saturated rings. The van der Waals surface area contributed by atoms with Crippen LogP contribution in [0.1, 0.15) is 24.0 Å². The second kappa shape index (κ2) is 6.22. The molecule has 1 saturated carbocycles. The third kappa shape index (κ3) is 3.58. The lowest BCUT2D eigenvalue weighted by Gasteiger charge is -2.23. The van der Waals surface area contributed by atoms with E-state index >= 15 is 0 Å². The van der Waals surface area contributed by atoms with Crippen LogP contribution in [0.3, 0.4) is 0 Å². The zero-order valence-corrected chi connectivity index (χ0v) is 12.2. The van der Waals surface area contributed by atoms with Crippen LogP contribution in [-0.4, -0.2) is 18.1 Å². The van der Waals surface area contributed by atoms with E-state index in [0.29, 0.717) is 19.1 Å². The number of benzene rings is 1. The van der Waals surface area contributed by atoms with Crippen LogP contribution in [0.15, 0.2) is 42.7 Å². The molecular weight excluding hydrogens is 265 g/mol. The maximum Gasteiger partial charge on any atom is 0.129 e. The van der Waals surface area contributed by atoms with Gasteiger partial charge in [0.2, 0.25) is 0 Å². The number of aromatic nitrogens is 1. The maximum absolute atomic E-state index is 14.1. The number of nitrogens with zero attached hydrogens (tertiary/aromatic N) is 2. The summed E-state index contributed by atoms with van der Waals surface area (Å²) in [5.74, 6) is -0.140. The number of halogens is 1. The SMILES string of the molecule is CN(Cc1cccnc1)c1cccc(F)c1CNC1CC1. The Labute approximate surface area is 124 Å². The van der Waals surface area contributed by atoms with Crippen LogP contribution >= 0.6 is 0 Å².